The van der Waals surface area contributed by atoms with Gasteiger partial charge in [-0.3, -0.25) is 9.59 Å². The number of fused-ring (bicyclic) bond motifs is 1. The predicted octanol–water partition coefficient (Wildman–Crippen LogP) is 2.52. The molecule has 0 spiro atoms. The molecule has 132 valence electrons. The van der Waals surface area contributed by atoms with Gasteiger partial charge >= 0.3 is 0 Å². The summed E-state index contributed by atoms with van der Waals surface area (Å²) < 4.78 is 2.06. The zero-order valence-corrected chi connectivity index (χ0v) is 15.1. The molecule has 1 saturated heterocycles. The Morgan fingerprint density at radius 1 is 1.24 bits per heavy atom. The largest absolute Gasteiger partial charge is 0.350 e. The van der Waals surface area contributed by atoms with Crippen molar-refractivity contribution in [2.45, 2.75) is 12.8 Å². The van der Waals surface area contributed by atoms with E-state index < -0.39 is 0 Å². The van der Waals surface area contributed by atoms with Crippen LogP contribution in [-0.4, -0.2) is 53.4 Å². The molecule has 1 fully saturated rings. The van der Waals surface area contributed by atoms with Gasteiger partial charge in [-0.05, 0) is 25.0 Å². The van der Waals surface area contributed by atoms with Gasteiger partial charge < -0.3 is 14.4 Å². The molecule has 2 aromatic rings. The molecule has 0 unspecified atom stereocenters. The number of rotatable bonds is 3. The van der Waals surface area contributed by atoms with Crippen LogP contribution in [-0.2, 0) is 16.6 Å². The van der Waals surface area contributed by atoms with Crippen LogP contribution in [0.5, 0.6) is 0 Å². The van der Waals surface area contributed by atoms with Crippen LogP contribution in [0.2, 0.25) is 0 Å². The van der Waals surface area contributed by atoms with Crippen LogP contribution in [0.1, 0.15) is 18.4 Å². The van der Waals surface area contributed by atoms with Crippen molar-refractivity contribution in [1.29, 1.82) is 0 Å². The van der Waals surface area contributed by atoms with E-state index in [2.05, 4.69) is 16.7 Å². The molecule has 2 heterocycles. The number of benzene rings is 1. The second-order valence-electron chi connectivity index (χ2n) is 6.90. The van der Waals surface area contributed by atoms with E-state index in [0.717, 1.165) is 35.9 Å². The molecule has 0 N–H and O–H groups in total. The minimum absolute atomic E-state index is 0.0239. The number of carbonyl (C=O) groups is 2. The van der Waals surface area contributed by atoms with Crippen molar-refractivity contribution in [3.8, 4) is 0 Å². The average molecular weight is 339 g/mol. The molecular weight excluding hydrogens is 314 g/mol. The van der Waals surface area contributed by atoms with Gasteiger partial charge in [0.05, 0.1) is 5.92 Å². The molecule has 25 heavy (non-hydrogen) atoms. The third kappa shape index (κ3) is 3.60. The third-order valence-corrected chi connectivity index (χ3v) is 4.86. The maximum absolute atomic E-state index is 12.6. The van der Waals surface area contributed by atoms with Gasteiger partial charge in [-0.2, -0.15) is 0 Å². The molecule has 2 amide bonds. The Morgan fingerprint density at radius 2 is 2.00 bits per heavy atom. The predicted molar refractivity (Wildman–Crippen MR) is 100.0 cm³/mol. The Morgan fingerprint density at radius 3 is 2.76 bits per heavy atom. The molecule has 3 rings (SSSR count). The van der Waals surface area contributed by atoms with Gasteiger partial charge in [-0.25, -0.2) is 0 Å². The Balaban J connectivity index is 1.73. The van der Waals surface area contributed by atoms with E-state index in [0.29, 0.717) is 6.54 Å². The zero-order valence-electron chi connectivity index (χ0n) is 15.1. The van der Waals surface area contributed by atoms with Gasteiger partial charge in [0.15, 0.2) is 0 Å². The fraction of sp³-hybridized carbons (Fsp3) is 0.400. The van der Waals surface area contributed by atoms with Crippen LogP contribution in [0.25, 0.3) is 17.0 Å². The maximum atomic E-state index is 12.6. The first-order chi connectivity index (χ1) is 12.0. The van der Waals surface area contributed by atoms with Gasteiger partial charge in [0.25, 0.3) is 0 Å². The highest BCUT2D eigenvalue weighted by Gasteiger charge is 2.28. The highest BCUT2D eigenvalue weighted by atomic mass is 16.2. The number of carbonyl (C=O) groups excluding carboxylic acids is 2. The molecule has 1 atom stereocenters. The first-order valence-corrected chi connectivity index (χ1v) is 8.69. The third-order valence-electron chi connectivity index (χ3n) is 4.86. The standard InChI is InChI=1S/C20H25N3O2/c1-21(2)20(25)16-7-6-12-23(14-16)19(24)11-10-15-13-22(3)18-9-5-4-8-17(15)18/h4-5,8-11,13,16H,6-7,12,14H2,1-3H3/b11-10-/t16-/m1/s1. The molecule has 5 nitrogen and oxygen atoms in total. The smallest absolute Gasteiger partial charge is 0.246 e. The second-order valence-corrected chi connectivity index (χ2v) is 6.90. The summed E-state index contributed by atoms with van der Waals surface area (Å²) in [6, 6.07) is 8.14. The van der Waals surface area contributed by atoms with Gasteiger partial charge in [0.1, 0.15) is 0 Å². The second kappa shape index (κ2) is 7.13. The van der Waals surface area contributed by atoms with E-state index in [1.165, 1.54) is 0 Å². The lowest BCUT2D eigenvalue weighted by Crippen LogP contribution is -2.44. The number of hydrogen-bond acceptors (Lipinski definition) is 2. The van der Waals surface area contributed by atoms with Crippen LogP contribution in [0.15, 0.2) is 36.5 Å². The minimum Gasteiger partial charge on any atom is -0.350 e. The molecule has 1 aromatic carbocycles. The van der Waals surface area contributed by atoms with Gasteiger partial charge in [0, 0.05) is 63.0 Å². The number of aromatic nitrogens is 1. The van der Waals surface area contributed by atoms with Crippen LogP contribution in [0.4, 0.5) is 0 Å². The van der Waals surface area contributed by atoms with Crippen molar-refractivity contribution >= 4 is 28.8 Å². The number of para-hydroxylation sites is 1. The SMILES string of the molecule is CN(C)C(=O)[C@@H]1CCCN(C(=O)/C=C\c2cn(C)c3ccccc23)C1. The molecule has 5 heteroatoms. The van der Waals surface area contributed by atoms with Crippen LogP contribution in [0, 0.1) is 5.92 Å². The summed E-state index contributed by atoms with van der Waals surface area (Å²) in [6.45, 7) is 1.23. The summed E-state index contributed by atoms with van der Waals surface area (Å²) in [6.07, 6.45) is 7.27. The summed E-state index contributed by atoms with van der Waals surface area (Å²) in [5.74, 6) is -0.00150. The van der Waals surface area contributed by atoms with Gasteiger partial charge in [0.2, 0.25) is 11.8 Å². The normalized spacial score (nSPS) is 18.0. The number of aryl methyl sites for hydroxylation is 1. The lowest BCUT2D eigenvalue weighted by Gasteiger charge is -2.32. The Bertz CT molecular complexity index is 819. The Kier molecular flexibility index (Phi) is 4.93. The number of amides is 2. The van der Waals surface area contributed by atoms with E-state index >= 15 is 0 Å². The highest BCUT2D eigenvalue weighted by molar-refractivity contribution is 5.96. The van der Waals surface area contributed by atoms with Crippen molar-refractivity contribution < 1.29 is 9.59 Å². The number of likely N-dealkylation sites (tertiary alicyclic amines) is 1. The van der Waals surface area contributed by atoms with E-state index in [1.54, 1.807) is 30.0 Å². The number of hydrogen-bond donors (Lipinski definition) is 0. The minimum atomic E-state index is -0.0846. The van der Waals surface area contributed by atoms with E-state index in [9.17, 15) is 9.59 Å². The van der Waals surface area contributed by atoms with Crippen molar-refractivity contribution in [3.05, 3.63) is 42.1 Å². The topological polar surface area (TPSA) is 45.6 Å². The summed E-state index contributed by atoms with van der Waals surface area (Å²) in [5, 5.41) is 1.13. The lowest BCUT2D eigenvalue weighted by atomic mass is 9.96. The van der Waals surface area contributed by atoms with Crippen molar-refractivity contribution in [3.63, 3.8) is 0 Å². The highest BCUT2D eigenvalue weighted by Crippen LogP contribution is 2.22. The molecule has 0 aliphatic carbocycles. The number of piperidine rings is 1. The summed E-state index contributed by atoms with van der Waals surface area (Å²) in [5.41, 5.74) is 2.17. The van der Waals surface area contributed by atoms with Crippen LogP contribution in [0.3, 0.4) is 0 Å². The molecule has 0 bridgehead atoms. The van der Waals surface area contributed by atoms with Crippen molar-refractivity contribution in [2.75, 3.05) is 27.2 Å². The fourth-order valence-corrected chi connectivity index (χ4v) is 3.52. The number of nitrogens with zero attached hydrogens (tertiary/aromatic N) is 3. The van der Waals surface area contributed by atoms with Crippen molar-refractivity contribution in [2.24, 2.45) is 13.0 Å². The lowest BCUT2D eigenvalue weighted by molar-refractivity contribution is -0.137. The first kappa shape index (κ1) is 17.3. The molecule has 1 aromatic heterocycles. The van der Waals surface area contributed by atoms with Crippen LogP contribution >= 0.6 is 0 Å². The Labute approximate surface area is 148 Å². The Hall–Kier alpha value is -2.56. The monoisotopic (exact) mass is 339 g/mol. The van der Waals surface area contributed by atoms with Crippen molar-refractivity contribution in [1.82, 2.24) is 14.4 Å². The van der Waals surface area contributed by atoms with Gasteiger partial charge in [-0.1, -0.05) is 18.2 Å². The molecular formula is C20H25N3O2. The first-order valence-electron chi connectivity index (χ1n) is 8.69. The van der Waals surface area contributed by atoms with E-state index in [-0.39, 0.29) is 17.7 Å². The van der Waals surface area contributed by atoms with Gasteiger partial charge in [-0.15, -0.1) is 0 Å². The van der Waals surface area contributed by atoms with E-state index in [4.69, 9.17) is 0 Å². The average Bonchev–Trinajstić information content (AvgIpc) is 2.95. The van der Waals surface area contributed by atoms with Crippen LogP contribution < -0.4 is 0 Å². The van der Waals surface area contributed by atoms with E-state index in [1.807, 2.05) is 31.5 Å². The maximum Gasteiger partial charge on any atom is 0.246 e. The summed E-state index contributed by atoms with van der Waals surface area (Å²) in [4.78, 5) is 28.1. The molecule has 1 aliphatic rings. The zero-order chi connectivity index (χ0) is 18.0. The quantitative estimate of drug-likeness (QED) is 0.807. The summed E-state index contributed by atoms with van der Waals surface area (Å²) >= 11 is 0. The fourth-order valence-electron chi connectivity index (χ4n) is 3.52. The molecule has 0 saturated carbocycles. The summed E-state index contributed by atoms with van der Waals surface area (Å²) in [7, 11) is 5.54. The molecule has 1 aliphatic heterocycles. The molecule has 0 radical (unpaired) electrons.